The Balaban J connectivity index is 2.17. The van der Waals surface area contributed by atoms with Crippen LogP contribution >= 0.6 is 23.2 Å². The molecule has 1 aromatic carbocycles. The fraction of sp³-hybridized carbons (Fsp3) is 0.154. The van der Waals surface area contributed by atoms with Crippen LogP contribution in [-0.2, 0) is 16.6 Å². The van der Waals surface area contributed by atoms with E-state index in [0.717, 1.165) is 5.56 Å². The van der Waals surface area contributed by atoms with Crippen molar-refractivity contribution in [2.24, 2.45) is 0 Å². The zero-order valence-corrected chi connectivity index (χ0v) is 13.4. The predicted molar refractivity (Wildman–Crippen MR) is 84.3 cm³/mol. The minimum absolute atomic E-state index is 0.00790. The lowest BCUT2D eigenvalue weighted by atomic mass is 10.2. The van der Waals surface area contributed by atoms with Gasteiger partial charge in [-0.15, -0.1) is 0 Å². The summed E-state index contributed by atoms with van der Waals surface area (Å²) in [6, 6.07) is 8.30. The van der Waals surface area contributed by atoms with Crippen LogP contribution < -0.4 is 10.0 Å². The van der Waals surface area contributed by atoms with Crippen molar-refractivity contribution in [1.82, 2.24) is 9.71 Å². The first-order valence-corrected chi connectivity index (χ1v) is 8.23. The van der Waals surface area contributed by atoms with Gasteiger partial charge in [-0.3, -0.25) is 0 Å². The smallest absolute Gasteiger partial charge is 0.242 e. The van der Waals surface area contributed by atoms with E-state index in [2.05, 4.69) is 15.0 Å². The van der Waals surface area contributed by atoms with E-state index >= 15 is 0 Å². The van der Waals surface area contributed by atoms with Crippen LogP contribution in [0.3, 0.4) is 0 Å². The number of nitrogens with zero attached hydrogens (tertiary/aromatic N) is 1. The molecule has 0 aliphatic rings. The first kappa shape index (κ1) is 16.0. The van der Waals surface area contributed by atoms with Gasteiger partial charge in [0, 0.05) is 24.8 Å². The molecule has 8 heteroatoms. The molecular weight excluding hydrogens is 333 g/mol. The molecule has 0 unspecified atom stereocenters. The quantitative estimate of drug-likeness (QED) is 0.873. The second-order valence-corrected chi connectivity index (χ2v) is 6.82. The van der Waals surface area contributed by atoms with E-state index in [0.29, 0.717) is 10.8 Å². The largest absolute Gasteiger partial charge is 0.372 e. The lowest BCUT2D eigenvalue weighted by molar-refractivity contribution is 0.581. The first-order chi connectivity index (χ1) is 9.92. The average molecular weight is 346 g/mol. The molecule has 0 aliphatic heterocycles. The third kappa shape index (κ3) is 4.07. The SMILES string of the molecule is CNc1ncc(S(=O)(=O)NCc2cccc(Cl)c2)cc1Cl. The van der Waals surface area contributed by atoms with Gasteiger partial charge in [-0.05, 0) is 23.8 Å². The summed E-state index contributed by atoms with van der Waals surface area (Å²) in [6.45, 7) is 0.133. The maximum absolute atomic E-state index is 12.2. The summed E-state index contributed by atoms with van der Waals surface area (Å²) < 4.78 is 26.8. The van der Waals surface area contributed by atoms with Crippen molar-refractivity contribution in [1.29, 1.82) is 0 Å². The maximum Gasteiger partial charge on any atom is 0.242 e. The van der Waals surface area contributed by atoms with Gasteiger partial charge in [-0.2, -0.15) is 0 Å². The zero-order valence-electron chi connectivity index (χ0n) is 11.1. The van der Waals surface area contributed by atoms with Gasteiger partial charge in [0.15, 0.2) is 0 Å². The topological polar surface area (TPSA) is 71.1 Å². The molecule has 0 atom stereocenters. The molecule has 21 heavy (non-hydrogen) atoms. The van der Waals surface area contributed by atoms with Crippen molar-refractivity contribution < 1.29 is 8.42 Å². The van der Waals surface area contributed by atoms with E-state index in [4.69, 9.17) is 23.2 Å². The van der Waals surface area contributed by atoms with Crippen LogP contribution in [0.15, 0.2) is 41.4 Å². The number of nitrogens with one attached hydrogen (secondary N) is 2. The molecule has 2 aromatic rings. The number of hydrogen-bond donors (Lipinski definition) is 2. The molecule has 2 rings (SSSR count). The number of hydrogen-bond acceptors (Lipinski definition) is 4. The number of rotatable bonds is 5. The van der Waals surface area contributed by atoms with Gasteiger partial charge in [0.2, 0.25) is 10.0 Å². The standard InChI is InChI=1S/C13H13Cl2N3O2S/c1-16-13-12(15)6-11(8-17-13)21(19,20)18-7-9-3-2-4-10(14)5-9/h2-6,8,18H,7H2,1H3,(H,16,17). The van der Waals surface area contributed by atoms with Gasteiger partial charge in [0.1, 0.15) is 10.7 Å². The van der Waals surface area contributed by atoms with Gasteiger partial charge in [0.25, 0.3) is 0 Å². The molecule has 2 N–H and O–H groups in total. The fourth-order valence-corrected chi connectivity index (χ4v) is 3.19. The summed E-state index contributed by atoms with van der Waals surface area (Å²) in [7, 11) is -2.03. The van der Waals surface area contributed by atoms with Gasteiger partial charge in [-0.1, -0.05) is 35.3 Å². The summed E-state index contributed by atoms with van der Waals surface area (Å²) in [5, 5.41) is 3.55. The maximum atomic E-state index is 12.2. The Bertz CT molecular complexity index is 751. The first-order valence-electron chi connectivity index (χ1n) is 6.00. The van der Waals surface area contributed by atoms with Crippen molar-refractivity contribution in [2.45, 2.75) is 11.4 Å². The highest BCUT2D eigenvalue weighted by atomic mass is 35.5. The number of anilines is 1. The summed E-state index contributed by atoms with van der Waals surface area (Å²) in [4.78, 5) is 3.96. The average Bonchev–Trinajstić information content (AvgIpc) is 2.45. The Morgan fingerprint density at radius 1 is 1.24 bits per heavy atom. The van der Waals surface area contributed by atoms with Crippen LogP contribution in [0.4, 0.5) is 5.82 Å². The summed E-state index contributed by atoms with van der Waals surface area (Å²) >= 11 is 11.8. The van der Waals surface area contributed by atoms with Gasteiger partial charge in [-0.25, -0.2) is 18.1 Å². The van der Waals surface area contributed by atoms with Gasteiger partial charge >= 0.3 is 0 Å². The molecule has 1 heterocycles. The van der Waals surface area contributed by atoms with Crippen molar-refractivity contribution >= 4 is 39.0 Å². The van der Waals surface area contributed by atoms with Crippen LogP contribution in [-0.4, -0.2) is 20.4 Å². The molecule has 0 radical (unpaired) electrons. The minimum atomic E-state index is -3.69. The Labute approximate surface area is 133 Å². The van der Waals surface area contributed by atoms with Crippen LogP contribution in [0.5, 0.6) is 0 Å². The van der Waals surface area contributed by atoms with E-state index in [-0.39, 0.29) is 16.5 Å². The van der Waals surface area contributed by atoms with E-state index in [9.17, 15) is 8.42 Å². The summed E-state index contributed by atoms with van der Waals surface area (Å²) in [6.07, 6.45) is 1.25. The Kier molecular flexibility index (Phi) is 5.05. The summed E-state index contributed by atoms with van der Waals surface area (Å²) in [5.74, 6) is 0.422. The molecule has 112 valence electrons. The van der Waals surface area contributed by atoms with Crippen LogP contribution in [0, 0.1) is 0 Å². The van der Waals surface area contributed by atoms with Crippen molar-refractivity contribution in [3.8, 4) is 0 Å². The molecule has 1 aromatic heterocycles. The summed E-state index contributed by atoms with van der Waals surface area (Å²) in [5.41, 5.74) is 0.761. The highest BCUT2D eigenvalue weighted by Gasteiger charge is 2.16. The van der Waals surface area contributed by atoms with Crippen molar-refractivity contribution in [3.63, 3.8) is 0 Å². The highest BCUT2D eigenvalue weighted by molar-refractivity contribution is 7.89. The van der Waals surface area contributed by atoms with E-state index in [1.807, 2.05) is 0 Å². The van der Waals surface area contributed by atoms with Gasteiger partial charge < -0.3 is 5.32 Å². The molecule has 5 nitrogen and oxygen atoms in total. The zero-order chi connectivity index (χ0) is 15.5. The van der Waals surface area contributed by atoms with E-state index < -0.39 is 10.0 Å². The molecule has 0 fully saturated rings. The van der Waals surface area contributed by atoms with Crippen molar-refractivity contribution in [3.05, 3.63) is 52.1 Å². The highest BCUT2D eigenvalue weighted by Crippen LogP contribution is 2.22. The number of sulfonamides is 1. The van der Waals surface area contributed by atoms with Crippen LogP contribution in [0.1, 0.15) is 5.56 Å². The third-order valence-corrected chi connectivity index (χ3v) is 4.61. The predicted octanol–water partition coefficient (Wildman–Crippen LogP) is 2.91. The van der Waals surface area contributed by atoms with E-state index in [1.165, 1.54) is 12.3 Å². The molecular formula is C13H13Cl2N3O2S. The molecule has 0 saturated heterocycles. The molecule has 0 spiro atoms. The number of halogens is 2. The normalized spacial score (nSPS) is 11.4. The lowest BCUT2D eigenvalue weighted by Crippen LogP contribution is -2.23. The lowest BCUT2D eigenvalue weighted by Gasteiger charge is -2.09. The second kappa shape index (κ2) is 6.62. The molecule has 0 aliphatic carbocycles. The minimum Gasteiger partial charge on any atom is -0.372 e. The Morgan fingerprint density at radius 2 is 2.00 bits per heavy atom. The van der Waals surface area contributed by atoms with Crippen LogP contribution in [0.25, 0.3) is 0 Å². The second-order valence-electron chi connectivity index (χ2n) is 4.21. The van der Waals surface area contributed by atoms with E-state index in [1.54, 1.807) is 31.3 Å². The number of pyridine rings is 1. The molecule has 0 amide bonds. The molecule has 0 saturated carbocycles. The number of benzene rings is 1. The van der Waals surface area contributed by atoms with Crippen LogP contribution in [0.2, 0.25) is 10.0 Å². The Morgan fingerprint density at radius 3 is 2.62 bits per heavy atom. The monoisotopic (exact) mass is 345 g/mol. The Hall–Kier alpha value is -1.34. The third-order valence-electron chi connectivity index (χ3n) is 2.72. The number of aromatic nitrogens is 1. The fourth-order valence-electron chi connectivity index (χ4n) is 1.66. The van der Waals surface area contributed by atoms with Crippen molar-refractivity contribution in [2.75, 3.05) is 12.4 Å². The van der Waals surface area contributed by atoms with Gasteiger partial charge in [0.05, 0.1) is 5.02 Å². The molecule has 0 bridgehead atoms.